The van der Waals surface area contributed by atoms with Crippen molar-refractivity contribution < 1.29 is 22.4 Å². The number of rotatable bonds is 8. The van der Waals surface area contributed by atoms with Gasteiger partial charge in [-0.15, -0.1) is 11.3 Å². The molecule has 0 unspecified atom stereocenters. The second kappa shape index (κ2) is 9.44. The van der Waals surface area contributed by atoms with Crippen molar-refractivity contribution in [1.29, 1.82) is 0 Å². The first-order valence-corrected chi connectivity index (χ1v) is 10.2. The highest BCUT2D eigenvalue weighted by Crippen LogP contribution is 2.30. The van der Waals surface area contributed by atoms with Crippen LogP contribution in [0, 0.1) is 0 Å². The SMILES string of the molecule is CC(C)NC(=O)c1coc(CN(Cc2cccc(C(F)(F)F)c2)Cc2cccs2)n1. The largest absolute Gasteiger partial charge is 0.447 e. The minimum Gasteiger partial charge on any atom is -0.447 e. The second-order valence-electron chi connectivity index (χ2n) is 7.18. The molecule has 0 aliphatic carbocycles. The lowest BCUT2D eigenvalue weighted by atomic mass is 10.1. The Labute approximate surface area is 176 Å². The Morgan fingerprint density at radius 1 is 1.20 bits per heavy atom. The average Bonchev–Trinajstić information content (AvgIpc) is 3.33. The summed E-state index contributed by atoms with van der Waals surface area (Å²) in [6, 6.07) is 9.12. The number of thiophene rings is 1. The first-order chi connectivity index (χ1) is 14.2. The first kappa shape index (κ1) is 22.0. The summed E-state index contributed by atoms with van der Waals surface area (Å²) in [5.41, 5.74) is 0.0272. The number of hydrogen-bond acceptors (Lipinski definition) is 5. The highest BCUT2D eigenvalue weighted by Gasteiger charge is 2.30. The highest BCUT2D eigenvalue weighted by molar-refractivity contribution is 7.09. The Kier molecular flexibility index (Phi) is 6.94. The van der Waals surface area contributed by atoms with E-state index in [1.165, 1.54) is 12.3 Å². The van der Waals surface area contributed by atoms with Gasteiger partial charge < -0.3 is 9.73 Å². The molecule has 0 bridgehead atoms. The summed E-state index contributed by atoms with van der Waals surface area (Å²) in [5, 5.41) is 4.68. The number of nitrogens with zero attached hydrogens (tertiary/aromatic N) is 2. The lowest BCUT2D eigenvalue weighted by molar-refractivity contribution is -0.137. The van der Waals surface area contributed by atoms with E-state index >= 15 is 0 Å². The molecule has 3 rings (SSSR count). The maximum atomic E-state index is 13.1. The molecule has 2 heterocycles. The van der Waals surface area contributed by atoms with Crippen LogP contribution < -0.4 is 5.32 Å². The molecule has 0 saturated heterocycles. The van der Waals surface area contributed by atoms with Crippen LogP contribution in [0.25, 0.3) is 0 Å². The van der Waals surface area contributed by atoms with Crippen LogP contribution in [0.15, 0.2) is 52.5 Å². The lowest BCUT2D eigenvalue weighted by Gasteiger charge is -2.21. The van der Waals surface area contributed by atoms with Gasteiger partial charge in [0.1, 0.15) is 6.26 Å². The van der Waals surface area contributed by atoms with Gasteiger partial charge in [0, 0.05) is 24.0 Å². The van der Waals surface area contributed by atoms with Crippen molar-refractivity contribution in [3.8, 4) is 0 Å². The van der Waals surface area contributed by atoms with Crippen LogP contribution in [0.3, 0.4) is 0 Å². The van der Waals surface area contributed by atoms with Crippen molar-refractivity contribution in [1.82, 2.24) is 15.2 Å². The predicted molar refractivity (Wildman–Crippen MR) is 108 cm³/mol. The summed E-state index contributed by atoms with van der Waals surface area (Å²) in [6.07, 6.45) is -3.10. The molecule has 0 radical (unpaired) electrons. The zero-order valence-corrected chi connectivity index (χ0v) is 17.4. The zero-order chi connectivity index (χ0) is 21.7. The molecule has 0 saturated carbocycles. The fraction of sp³-hybridized carbons (Fsp3) is 0.333. The summed E-state index contributed by atoms with van der Waals surface area (Å²) < 4.78 is 44.6. The smallest absolute Gasteiger partial charge is 0.416 e. The van der Waals surface area contributed by atoms with Gasteiger partial charge in [-0.1, -0.05) is 24.3 Å². The standard InChI is InChI=1S/C21H22F3N3O2S/c1-14(2)25-20(28)18-13-29-19(26-18)12-27(11-17-7-4-8-30-17)10-15-5-3-6-16(9-15)21(22,23)24/h3-9,13-14H,10-12H2,1-2H3,(H,25,28). The molecule has 160 valence electrons. The molecule has 1 amide bonds. The normalized spacial score (nSPS) is 12.0. The van der Waals surface area contributed by atoms with E-state index in [0.717, 1.165) is 17.0 Å². The fourth-order valence-electron chi connectivity index (χ4n) is 2.91. The molecule has 0 atom stereocenters. The van der Waals surface area contributed by atoms with E-state index in [2.05, 4.69) is 10.3 Å². The minimum absolute atomic E-state index is 0.0334. The van der Waals surface area contributed by atoms with Crippen LogP contribution in [0.4, 0.5) is 13.2 Å². The summed E-state index contributed by atoms with van der Waals surface area (Å²) in [4.78, 5) is 19.3. The Morgan fingerprint density at radius 3 is 2.67 bits per heavy atom. The summed E-state index contributed by atoms with van der Waals surface area (Å²) in [5.74, 6) is -0.00452. The Morgan fingerprint density at radius 2 is 2.00 bits per heavy atom. The molecule has 30 heavy (non-hydrogen) atoms. The highest BCUT2D eigenvalue weighted by atomic mass is 32.1. The molecule has 5 nitrogen and oxygen atoms in total. The molecule has 0 aliphatic rings. The second-order valence-corrected chi connectivity index (χ2v) is 8.21. The van der Waals surface area contributed by atoms with Gasteiger partial charge in [-0.25, -0.2) is 4.98 Å². The van der Waals surface area contributed by atoms with Gasteiger partial charge >= 0.3 is 6.18 Å². The summed E-state index contributed by atoms with van der Waals surface area (Å²) in [7, 11) is 0. The predicted octanol–water partition coefficient (Wildman–Crippen LogP) is 5.10. The lowest BCUT2D eigenvalue weighted by Crippen LogP contribution is -2.30. The molecule has 0 aliphatic heterocycles. The molecular weight excluding hydrogens is 415 g/mol. The molecule has 1 N–H and O–H groups in total. The van der Waals surface area contributed by atoms with Crippen molar-refractivity contribution in [3.63, 3.8) is 0 Å². The van der Waals surface area contributed by atoms with Gasteiger partial charge in [-0.05, 0) is 36.9 Å². The van der Waals surface area contributed by atoms with Crippen molar-refractivity contribution in [2.75, 3.05) is 0 Å². The number of carbonyl (C=O) groups excluding carboxylic acids is 1. The number of oxazole rings is 1. The van der Waals surface area contributed by atoms with Crippen LogP contribution in [-0.2, 0) is 25.8 Å². The van der Waals surface area contributed by atoms with Crippen molar-refractivity contribution in [2.45, 2.75) is 45.7 Å². The molecule has 9 heteroatoms. The van der Waals surface area contributed by atoms with Crippen LogP contribution in [0.2, 0.25) is 0 Å². The van der Waals surface area contributed by atoms with E-state index < -0.39 is 11.7 Å². The fourth-order valence-corrected chi connectivity index (χ4v) is 3.66. The third-order valence-electron chi connectivity index (χ3n) is 4.18. The van der Waals surface area contributed by atoms with E-state index in [1.54, 1.807) is 17.4 Å². The minimum atomic E-state index is -4.39. The number of halogens is 3. The van der Waals surface area contributed by atoms with E-state index in [1.807, 2.05) is 36.3 Å². The van der Waals surface area contributed by atoms with E-state index in [-0.39, 0.29) is 30.7 Å². The van der Waals surface area contributed by atoms with E-state index in [9.17, 15) is 18.0 Å². The van der Waals surface area contributed by atoms with Gasteiger partial charge in [0.05, 0.1) is 12.1 Å². The Hall–Kier alpha value is -2.65. The zero-order valence-electron chi connectivity index (χ0n) is 16.6. The molecule has 1 aromatic carbocycles. The third kappa shape index (κ3) is 6.17. The third-order valence-corrected chi connectivity index (χ3v) is 5.04. The van der Waals surface area contributed by atoms with Crippen molar-refractivity contribution >= 4 is 17.2 Å². The van der Waals surface area contributed by atoms with Gasteiger partial charge in [0.15, 0.2) is 5.69 Å². The number of benzene rings is 1. The van der Waals surface area contributed by atoms with Gasteiger partial charge in [0.25, 0.3) is 5.91 Å². The number of carbonyl (C=O) groups is 1. The van der Waals surface area contributed by atoms with Crippen LogP contribution in [0.1, 0.15) is 46.2 Å². The van der Waals surface area contributed by atoms with Crippen molar-refractivity contribution in [3.05, 3.63) is 75.6 Å². The maximum Gasteiger partial charge on any atom is 0.416 e. The number of amides is 1. The molecule has 0 fully saturated rings. The van der Waals surface area contributed by atoms with Crippen molar-refractivity contribution in [2.24, 2.45) is 0 Å². The average molecular weight is 437 g/mol. The van der Waals surface area contributed by atoms with Crippen LogP contribution in [0.5, 0.6) is 0 Å². The van der Waals surface area contributed by atoms with E-state index in [0.29, 0.717) is 18.0 Å². The van der Waals surface area contributed by atoms with Crippen LogP contribution >= 0.6 is 11.3 Å². The van der Waals surface area contributed by atoms with Gasteiger partial charge in [0.2, 0.25) is 5.89 Å². The molecule has 3 aromatic rings. The first-order valence-electron chi connectivity index (χ1n) is 9.37. The topological polar surface area (TPSA) is 58.4 Å². The quantitative estimate of drug-likeness (QED) is 0.533. The summed E-state index contributed by atoms with van der Waals surface area (Å²) >= 11 is 1.56. The number of aromatic nitrogens is 1. The number of hydrogen-bond donors (Lipinski definition) is 1. The summed E-state index contributed by atoms with van der Waals surface area (Å²) in [6.45, 7) is 4.73. The van der Waals surface area contributed by atoms with Gasteiger partial charge in [-0.3, -0.25) is 9.69 Å². The monoisotopic (exact) mass is 437 g/mol. The van der Waals surface area contributed by atoms with Gasteiger partial charge in [-0.2, -0.15) is 13.2 Å². The maximum absolute atomic E-state index is 13.1. The molecule has 0 spiro atoms. The molecular formula is C21H22F3N3O2S. The Bertz CT molecular complexity index is 968. The number of alkyl halides is 3. The van der Waals surface area contributed by atoms with Crippen LogP contribution in [-0.4, -0.2) is 21.8 Å². The van der Waals surface area contributed by atoms with E-state index in [4.69, 9.17) is 4.42 Å². The Balaban J connectivity index is 1.77. The molecule has 2 aromatic heterocycles. The number of nitrogens with one attached hydrogen (secondary N) is 1.